The number of hydrogen-bond acceptors (Lipinski definition) is 1. The molecular formula is C3H5PS. The van der Waals surface area contributed by atoms with Crippen molar-refractivity contribution in [3.63, 3.8) is 0 Å². The van der Waals surface area contributed by atoms with Crippen LogP contribution in [0.1, 0.15) is 0 Å². The normalized spacial score (nSPS) is 34.2. The lowest BCUT2D eigenvalue weighted by molar-refractivity contribution is 1.45. The van der Waals surface area contributed by atoms with Gasteiger partial charge in [-0.3, -0.25) is 0 Å². The highest BCUT2D eigenvalue weighted by atomic mass is 32.1. The van der Waals surface area contributed by atoms with Crippen molar-refractivity contribution in [2.75, 3.05) is 5.75 Å². The summed E-state index contributed by atoms with van der Waals surface area (Å²) < 4.78 is 0. The summed E-state index contributed by atoms with van der Waals surface area (Å²) in [7, 11) is 1.49. The zero-order valence-electron chi connectivity index (χ0n) is 2.76. The minimum Gasteiger partial charge on any atom is -0.178 e. The summed E-state index contributed by atoms with van der Waals surface area (Å²) in [5.74, 6) is 3.29. The second-order valence-electron chi connectivity index (χ2n) is 1.05. The molecule has 0 nitrogen and oxygen atoms in total. The van der Waals surface area contributed by atoms with Gasteiger partial charge < -0.3 is 0 Å². The summed E-state index contributed by atoms with van der Waals surface area (Å²) >= 11 is 4.04. The van der Waals surface area contributed by atoms with Crippen LogP contribution < -0.4 is 0 Å². The monoisotopic (exact) mass is 104 g/mol. The molecule has 0 bridgehead atoms. The number of thiol groups is 1. The van der Waals surface area contributed by atoms with Gasteiger partial charge in [-0.1, -0.05) is 8.20 Å². The quantitative estimate of drug-likeness (QED) is 0.373. The first-order valence-corrected chi connectivity index (χ1v) is 3.24. The minimum atomic E-state index is 0.846. The van der Waals surface area contributed by atoms with Crippen LogP contribution in [0.15, 0.2) is 0 Å². The molecule has 0 spiro atoms. The van der Waals surface area contributed by atoms with E-state index in [1.54, 1.807) is 0 Å². The van der Waals surface area contributed by atoms with Crippen molar-refractivity contribution < 1.29 is 0 Å². The van der Waals surface area contributed by atoms with E-state index in [4.69, 9.17) is 0 Å². The molecule has 0 aromatic carbocycles. The van der Waals surface area contributed by atoms with Crippen LogP contribution in [-0.4, -0.2) is 17.2 Å². The van der Waals surface area contributed by atoms with E-state index >= 15 is 0 Å². The van der Waals surface area contributed by atoms with Crippen molar-refractivity contribution in [2.45, 2.75) is 5.66 Å². The van der Waals surface area contributed by atoms with E-state index in [-0.39, 0.29) is 0 Å². The fourth-order valence-corrected chi connectivity index (χ4v) is 1.03. The molecule has 0 aromatic rings. The minimum absolute atomic E-state index is 0.846. The lowest BCUT2D eigenvalue weighted by Crippen LogP contribution is -1.81. The van der Waals surface area contributed by atoms with Gasteiger partial charge in [0.15, 0.2) is 0 Å². The van der Waals surface area contributed by atoms with Gasteiger partial charge in [0.1, 0.15) is 0 Å². The smallest absolute Gasteiger partial charge is 0.0316 e. The fourth-order valence-electron chi connectivity index (χ4n) is 0.155. The van der Waals surface area contributed by atoms with Crippen molar-refractivity contribution in [3.05, 3.63) is 0 Å². The molecule has 1 unspecified atom stereocenters. The lowest BCUT2D eigenvalue weighted by Gasteiger charge is -1.73. The molecule has 2 heteroatoms. The van der Waals surface area contributed by atoms with Crippen LogP contribution in [0.4, 0.5) is 0 Å². The second kappa shape index (κ2) is 1.32. The van der Waals surface area contributed by atoms with Gasteiger partial charge >= 0.3 is 0 Å². The van der Waals surface area contributed by atoms with Crippen LogP contribution in [0, 0.1) is 0 Å². The Morgan fingerprint density at radius 1 is 2.00 bits per heavy atom. The van der Waals surface area contributed by atoms with E-state index in [0.29, 0.717) is 0 Å². The molecule has 1 atom stereocenters. The summed E-state index contributed by atoms with van der Waals surface area (Å²) in [5.41, 5.74) is 0.846. The Labute approximate surface area is 38.8 Å². The van der Waals surface area contributed by atoms with Gasteiger partial charge in [-0.05, 0) is 5.80 Å². The second-order valence-corrected chi connectivity index (χ2v) is 2.67. The summed E-state index contributed by atoms with van der Waals surface area (Å²) in [4.78, 5) is 0. The summed E-state index contributed by atoms with van der Waals surface area (Å²) in [6, 6.07) is 0. The van der Waals surface area contributed by atoms with E-state index < -0.39 is 0 Å². The molecule has 0 saturated carbocycles. The molecule has 0 aromatic heterocycles. The molecule has 1 aliphatic heterocycles. The van der Waals surface area contributed by atoms with Gasteiger partial charge in [0.05, 0.1) is 0 Å². The first-order valence-electron chi connectivity index (χ1n) is 1.57. The maximum atomic E-state index is 4.04. The maximum absolute atomic E-state index is 4.04. The van der Waals surface area contributed by atoms with Gasteiger partial charge in [-0.2, -0.15) is 12.6 Å². The van der Waals surface area contributed by atoms with Gasteiger partial charge in [-0.15, -0.1) is 0 Å². The average Bonchev–Trinajstić information content (AvgIpc) is 2.12. The van der Waals surface area contributed by atoms with Crippen LogP contribution >= 0.6 is 20.8 Å². The molecule has 0 amide bonds. The molecule has 5 heavy (non-hydrogen) atoms. The third kappa shape index (κ3) is 0.942. The zero-order chi connectivity index (χ0) is 3.70. The fraction of sp³-hybridized carbons (Fsp3) is 0.667. The van der Waals surface area contributed by atoms with Crippen LogP contribution in [0.3, 0.4) is 0 Å². The predicted octanol–water partition coefficient (Wildman–Crippen LogP) is 1.05. The Morgan fingerprint density at radius 3 is 2.60 bits per heavy atom. The lowest BCUT2D eigenvalue weighted by atomic mass is 10.6. The third-order valence-electron chi connectivity index (χ3n) is 0.547. The highest BCUT2D eigenvalue weighted by molar-refractivity contribution is 7.81. The molecule has 1 rings (SSSR count). The van der Waals surface area contributed by atoms with E-state index in [1.165, 1.54) is 8.20 Å². The number of rotatable bonds is 1. The topological polar surface area (TPSA) is 0 Å². The van der Waals surface area contributed by atoms with Crippen LogP contribution in [0.25, 0.3) is 0 Å². The molecule has 0 N–H and O–H groups in total. The Balaban J connectivity index is 2.06. The Hall–Kier alpha value is 0.520. The molecule has 0 fully saturated rings. The first-order chi connectivity index (χ1) is 2.43. The molecule has 28 valence electrons. The van der Waals surface area contributed by atoms with Crippen molar-refractivity contribution in [3.8, 4) is 0 Å². The van der Waals surface area contributed by atoms with E-state index in [0.717, 1.165) is 11.4 Å². The Bertz CT molecular complexity index is 53.9. The van der Waals surface area contributed by atoms with Crippen molar-refractivity contribution in [2.24, 2.45) is 0 Å². The van der Waals surface area contributed by atoms with Gasteiger partial charge in [0.2, 0.25) is 0 Å². The number of hydrogen-bond donors (Lipinski definition) is 1. The van der Waals surface area contributed by atoms with Gasteiger partial charge in [0.25, 0.3) is 0 Å². The van der Waals surface area contributed by atoms with E-state index in [9.17, 15) is 0 Å². The molecular weight excluding hydrogens is 99.1 g/mol. The van der Waals surface area contributed by atoms with E-state index in [1.807, 2.05) is 0 Å². The molecule has 0 aliphatic carbocycles. The van der Waals surface area contributed by atoms with Crippen molar-refractivity contribution in [1.82, 2.24) is 0 Å². The first kappa shape index (κ1) is 3.70. The summed E-state index contributed by atoms with van der Waals surface area (Å²) in [6.07, 6.45) is 0. The molecule has 0 radical (unpaired) electrons. The van der Waals surface area contributed by atoms with Gasteiger partial charge in [0, 0.05) is 11.4 Å². The summed E-state index contributed by atoms with van der Waals surface area (Å²) in [5, 5.41) is 0. The molecule has 1 aliphatic rings. The Morgan fingerprint density at radius 2 is 2.60 bits per heavy atom. The standard InChI is InChI=1S/C3H5PS/c5-2-3-1-4-3/h1,3,5H,2H2. The summed E-state index contributed by atoms with van der Waals surface area (Å²) in [6.45, 7) is 0. The van der Waals surface area contributed by atoms with Crippen LogP contribution in [-0.2, 0) is 0 Å². The molecule has 0 saturated heterocycles. The maximum Gasteiger partial charge on any atom is 0.0316 e. The largest absolute Gasteiger partial charge is 0.178 e. The van der Waals surface area contributed by atoms with Crippen LogP contribution in [0.2, 0.25) is 0 Å². The van der Waals surface area contributed by atoms with Gasteiger partial charge in [-0.25, -0.2) is 0 Å². The van der Waals surface area contributed by atoms with Crippen LogP contribution in [0.5, 0.6) is 0 Å². The van der Waals surface area contributed by atoms with Crippen molar-refractivity contribution in [1.29, 1.82) is 0 Å². The highest BCUT2D eigenvalue weighted by Crippen LogP contribution is 2.21. The predicted molar refractivity (Wildman–Crippen MR) is 30.6 cm³/mol. The molecule has 1 heterocycles. The third-order valence-corrected chi connectivity index (χ3v) is 2.13. The Kier molecular flexibility index (Phi) is 0.975. The van der Waals surface area contributed by atoms with Crippen molar-refractivity contribution >= 4 is 26.6 Å². The van der Waals surface area contributed by atoms with E-state index in [2.05, 4.69) is 18.4 Å². The SMILES string of the molecule is SCC1C=P1. The average molecular weight is 104 g/mol. The highest BCUT2D eigenvalue weighted by Gasteiger charge is 2.06. The zero-order valence-corrected chi connectivity index (χ0v) is 4.55.